The highest BCUT2D eigenvalue weighted by Gasteiger charge is 2.68. The van der Waals surface area contributed by atoms with Crippen LogP contribution < -0.4 is 0 Å². The topological polar surface area (TPSA) is 60.6 Å². The van der Waals surface area contributed by atoms with E-state index in [9.17, 15) is 18.0 Å². The van der Waals surface area contributed by atoms with E-state index in [1.807, 2.05) is 13.8 Å². The maximum Gasteiger partial charge on any atom is 0.522 e. The Morgan fingerprint density at radius 2 is 2.04 bits per heavy atom. The maximum absolute atomic E-state index is 12.5. The second kappa shape index (κ2) is 5.40. The van der Waals surface area contributed by atoms with Crippen molar-refractivity contribution in [3.05, 3.63) is 0 Å². The molecule has 1 spiro atoms. The molecule has 6 atom stereocenters. The van der Waals surface area contributed by atoms with Crippen LogP contribution in [-0.4, -0.2) is 55.9 Å². The molecule has 1 aliphatic carbocycles. The normalized spacial score (nSPS) is 46.3. The van der Waals surface area contributed by atoms with Gasteiger partial charge in [-0.05, 0) is 13.3 Å². The van der Waals surface area contributed by atoms with Crippen molar-refractivity contribution in [1.82, 2.24) is 0 Å². The van der Waals surface area contributed by atoms with E-state index < -0.39 is 30.3 Å². The van der Waals surface area contributed by atoms with Crippen LogP contribution in [0.5, 0.6) is 0 Å². The van der Waals surface area contributed by atoms with E-state index in [1.54, 1.807) is 0 Å². The number of ether oxygens (including phenoxy) is 4. The molecule has 0 radical (unpaired) electrons. The minimum absolute atomic E-state index is 0.0248. The molecule has 1 unspecified atom stereocenters. The zero-order valence-corrected chi connectivity index (χ0v) is 13.3. The van der Waals surface area contributed by atoms with E-state index in [4.69, 9.17) is 14.2 Å². The van der Waals surface area contributed by atoms with Crippen molar-refractivity contribution in [2.24, 2.45) is 11.8 Å². The molecule has 0 aromatic rings. The lowest BCUT2D eigenvalue weighted by molar-refractivity contribution is -0.324. The van der Waals surface area contributed by atoms with E-state index in [0.717, 1.165) is 0 Å². The summed E-state index contributed by atoms with van der Waals surface area (Å²) in [5.74, 6) is -0.490. The van der Waals surface area contributed by atoms with Gasteiger partial charge in [-0.2, -0.15) is 0 Å². The van der Waals surface area contributed by atoms with Gasteiger partial charge in [-0.3, -0.25) is 9.53 Å². The fourth-order valence-corrected chi connectivity index (χ4v) is 3.83. The van der Waals surface area contributed by atoms with Gasteiger partial charge in [0.2, 0.25) is 0 Å². The molecule has 3 rings (SSSR count). The molecular formula is C15H21F3O5. The smallest absolute Gasteiger partial charge is 0.373 e. The van der Waals surface area contributed by atoms with Crippen LogP contribution in [0.1, 0.15) is 26.7 Å². The number of hydrogen-bond acceptors (Lipinski definition) is 5. The van der Waals surface area contributed by atoms with Crippen LogP contribution in [0, 0.1) is 11.8 Å². The molecule has 2 heterocycles. The minimum Gasteiger partial charge on any atom is -0.373 e. The molecule has 3 aliphatic rings. The predicted octanol–water partition coefficient (Wildman–Crippen LogP) is 2.08. The van der Waals surface area contributed by atoms with Crippen molar-refractivity contribution >= 4 is 5.78 Å². The van der Waals surface area contributed by atoms with Gasteiger partial charge in [-0.15, -0.1) is 13.2 Å². The molecule has 0 N–H and O–H groups in total. The van der Waals surface area contributed by atoms with Gasteiger partial charge >= 0.3 is 6.36 Å². The first kappa shape index (κ1) is 17.1. The molecule has 132 valence electrons. The number of Topliss-reactive ketones (excluding diaryl/α,β-unsaturated/α-hetero) is 1. The van der Waals surface area contributed by atoms with Gasteiger partial charge in [0, 0.05) is 25.4 Å². The fraction of sp³-hybridized carbons (Fsp3) is 0.933. The van der Waals surface area contributed by atoms with Gasteiger partial charge in [-0.1, -0.05) is 6.92 Å². The first-order valence-corrected chi connectivity index (χ1v) is 7.72. The summed E-state index contributed by atoms with van der Waals surface area (Å²) in [6.45, 7) is 3.73. The Balaban J connectivity index is 1.65. The largest absolute Gasteiger partial charge is 0.522 e. The number of methoxy groups -OCH3 is 1. The van der Waals surface area contributed by atoms with Crippen LogP contribution in [-0.2, 0) is 23.7 Å². The fourth-order valence-electron chi connectivity index (χ4n) is 3.83. The SMILES string of the molecule is CO[C@@H]1C(=O)[C@@H](C)[C@]2(CO2)C[C@H]1C1(C)O[C@@H]1CCOC(F)(F)F. The number of carbonyl (C=O) groups is 1. The second-order valence-electron chi connectivity index (χ2n) is 6.82. The number of alkyl halides is 3. The number of halogens is 3. The van der Waals surface area contributed by atoms with Crippen molar-refractivity contribution in [1.29, 1.82) is 0 Å². The summed E-state index contributed by atoms with van der Waals surface area (Å²) in [6, 6.07) is 0. The lowest BCUT2D eigenvalue weighted by Gasteiger charge is -2.39. The van der Waals surface area contributed by atoms with Gasteiger partial charge in [-0.25, -0.2) is 0 Å². The summed E-state index contributed by atoms with van der Waals surface area (Å²) in [7, 11) is 1.47. The summed E-state index contributed by atoms with van der Waals surface area (Å²) in [5.41, 5.74) is -1.12. The Kier molecular flexibility index (Phi) is 4.03. The standard InChI is InChI=1S/C15H21F3O5/c1-8-11(19)12(20-3)9(6-14(8)7-22-14)13(2)10(23-13)4-5-21-15(16,17)18/h8-10,12H,4-7H2,1-3H3/t8-,9-,10-,12+,13?,14-/m1/s1. The Morgan fingerprint density at radius 1 is 1.39 bits per heavy atom. The van der Waals surface area contributed by atoms with Gasteiger partial charge in [0.15, 0.2) is 5.78 Å². The summed E-state index contributed by atoms with van der Waals surface area (Å²) in [4.78, 5) is 12.5. The first-order valence-electron chi connectivity index (χ1n) is 7.72. The molecule has 2 saturated heterocycles. The number of rotatable bonds is 5. The maximum atomic E-state index is 12.5. The van der Waals surface area contributed by atoms with Crippen molar-refractivity contribution in [3.63, 3.8) is 0 Å². The van der Waals surface area contributed by atoms with Gasteiger partial charge < -0.3 is 14.2 Å². The number of epoxide rings is 2. The van der Waals surface area contributed by atoms with E-state index in [-0.39, 0.29) is 30.1 Å². The van der Waals surface area contributed by atoms with Crippen molar-refractivity contribution in [2.45, 2.75) is 56.5 Å². The molecule has 1 saturated carbocycles. The Morgan fingerprint density at radius 3 is 2.57 bits per heavy atom. The van der Waals surface area contributed by atoms with Gasteiger partial charge in [0.05, 0.1) is 24.9 Å². The third-order valence-corrected chi connectivity index (χ3v) is 5.56. The van der Waals surface area contributed by atoms with E-state index >= 15 is 0 Å². The van der Waals surface area contributed by atoms with Crippen LogP contribution in [0.3, 0.4) is 0 Å². The predicted molar refractivity (Wildman–Crippen MR) is 71.7 cm³/mol. The zero-order chi connectivity index (χ0) is 17.0. The molecule has 23 heavy (non-hydrogen) atoms. The van der Waals surface area contributed by atoms with E-state index in [2.05, 4.69) is 4.74 Å². The summed E-state index contributed by atoms with van der Waals surface area (Å²) < 4.78 is 56.5. The van der Waals surface area contributed by atoms with E-state index in [1.165, 1.54) is 7.11 Å². The highest BCUT2D eigenvalue weighted by atomic mass is 19.4. The average molecular weight is 338 g/mol. The van der Waals surface area contributed by atoms with Crippen LogP contribution >= 0.6 is 0 Å². The highest BCUT2D eigenvalue weighted by molar-refractivity contribution is 5.88. The Hall–Kier alpha value is -0.700. The van der Waals surface area contributed by atoms with Crippen LogP contribution in [0.15, 0.2) is 0 Å². The van der Waals surface area contributed by atoms with Crippen LogP contribution in [0.4, 0.5) is 13.2 Å². The molecule has 5 nitrogen and oxygen atoms in total. The lowest BCUT2D eigenvalue weighted by Crippen LogP contribution is -2.53. The minimum atomic E-state index is -4.64. The second-order valence-corrected chi connectivity index (χ2v) is 6.82. The molecule has 0 aromatic heterocycles. The van der Waals surface area contributed by atoms with E-state index in [0.29, 0.717) is 13.0 Å². The molecule has 0 amide bonds. The Bertz CT molecular complexity index is 490. The third kappa shape index (κ3) is 3.01. The summed E-state index contributed by atoms with van der Waals surface area (Å²) in [5, 5.41) is 0. The molecule has 8 heteroatoms. The average Bonchev–Trinajstić information content (AvgIpc) is 3.34. The summed E-state index contributed by atoms with van der Waals surface area (Å²) in [6.07, 6.45) is -4.88. The van der Waals surface area contributed by atoms with Crippen molar-refractivity contribution in [2.75, 3.05) is 20.3 Å². The monoisotopic (exact) mass is 338 g/mol. The molecule has 0 bridgehead atoms. The molecule has 0 aromatic carbocycles. The van der Waals surface area contributed by atoms with Crippen molar-refractivity contribution < 1.29 is 36.9 Å². The first-order chi connectivity index (χ1) is 10.6. The molecule has 3 fully saturated rings. The highest BCUT2D eigenvalue weighted by Crippen LogP contribution is 2.56. The summed E-state index contributed by atoms with van der Waals surface area (Å²) >= 11 is 0. The number of ketones is 1. The quantitative estimate of drug-likeness (QED) is 0.718. The van der Waals surface area contributed by atoms with Crippen molar-refractivity contribution in [3.8, 4) is 0 Å². The Labute approximate surface area is 132 Å². The molecule has 2 aliphatic heterocycles. The number of hydrogen-bond donors (Lipinski definition) is 0. The van der Waals surface area contributed by atoms with Crippen LogP contribution in [0.25, 0.3) is 0 Å². The molecular weight excluding hydrogens is 317 g/mol. The van der Waals surface area contributed by atoms with Gasteiger partial charge in [0.25, 0.3) is 0 Å². The number of carbonyl (C=O) groups excluding carboxylic acids is 1. The lowest BCUT2D eigenvalue weighted by atomic mass is 9.67. The van der Waals surface area contributed by atoms with Gasteiger partial charge in [0.1, 0.15) is 11.7 Å². The zero-order valence-electron chi connectivity index (χ0n) is 13.3. The third-order valence-electron chi connectivity index (χ3n) is 5.56. The van der Waals surface area contributed by atoms with Crippen LogP contribution in [0.2, 0.25) is 0 Å².